The molecule has 0 aliphatic carbocycles. The summed E-state index contributed by atoms with van der Waals surface area (Å²) in [5.41, 5.74) is 0. The molecule has 3 heteroatoms. The highest BCUT2D eigenvalue weighted by molar-refractivity contribution is 7.98. The fourth-order valence-corrected chi connectivity index (χ4v) is 1.27. The maximum atomic E-state index is 11.1. The van der Waals surface area contributed by atoms with Crippen molar-refractivity contribution in [2.75, 3.05) is 0 Å². The van der Waals surface area contributed by atoms with Crippen LogP contribution in [0.2, 0.25) is 0 Å². The monoisotopic (exact) mass is 155 g/mol. The number of hydrogen-bond donors (Lipinski definition) is 1. The Bertz CT molecular complexity index is 302. The largest absolute Gasteiger partial charge is 0.256 e. The van der Waals surface area contributed by atoms with Gasteiger partial charge in [0.1, 0.15) is 0 Å². The molecule has 0 aromatic heterocycles. The minimum atomic E-state index is -2.50. The van der Waals surface area contributed by atoms with Crippen LogP contribution in [0.3, 0.4) is 0 Å². The van der Waals surface area contributed by atoms with Gasteiger partial charge in [-0.1, -0.05) is 18.2 Å². The van der Waals surface area contributed by atoms with Crippen LogP contribution in [0.5, 0.6) is 0 Å². The maximum absolute atomic E-state index is 11.1. The quantitative estimate of drug-likeness (QED) is 0.594. The van der Waals surface area contributed by atoms with E-state index in [9.17, 15) is 4.21 Å². The zero-order valence-corrected chi connectivity index (χ0v) is 6.30. The van der Waals surface area contributed by atoms with Crippen LogP contribution < -0.4 is 5.14 Å². The highest BCUT2D eigenvalue weighted by Crippen LogP contribution is 2.03. The van der Waals surface area contributed by atoms with E-state index in [0.717, 1.165) is 0 Å². The molecule has 1 unspecified atom stereocenters. The summed E-state index contributed by atoms with van der Waals surface area (Å²) in [4.78, 5) is 0.593. The van der Waals surface area contributed by atoms with Crippen molar-refractivity contribution in [2.24, 2.45) is 5.14 Å². The van der Waals surface area contributed by atoms with Gasteiger partial charge in [-0.2, -0.15) is 0 Å². The minimum Gasteiger partial charge on any atom is -0.256 e. The van der Waals surface area contributed by atoms with Crippen molar-refractivity contribution in [2.45, 2.75) is 4.90 Å². The van der Waals surface area contributed by atoms with Crippen molar-refractivity contribution in [3.05, 3.63) is 30.3 Å². The lowest BCUT2D eigenvalue weighted by Crippen LogP contribution is -2.11. The summed E-state index contributed by atoms with van der Waals surface area (Å²) in [6.07, 6.45) is 0. The van der Waals surface area contributed by atoms with Gasteiger partial charge in [-0.25, -0.2) is 4.21 Å². The smallest absolute Gasteiger partial charge is 0.0507 e. The molecule has 0 aliphatic rings. The van der Waals surface area contributed by atoms with Crippen LogP contribution in [0.1, 0.15) is 0 Å². The second kappa shape index (κ2) is 2.44. The van der Waals surface area contributed by atoms with E-state index in [1.807, 2.05) is 6.07 Å². The molecule has 1 aromatic rings. The molecule has 0 aliphatic heterocycles. The maximum Gasteiger partial charge on any atom is 0.0507 e. The third kappa shape index (κ3) is 1.59. The molecule has 0 radical (unpaired) electrons. The Hall–Kier alpha value is -0.800. The molecule has 0 heterocycles. The third-order valence-corrected chi connectivity index (χ3v) is 2.21. The summed E-state index contributed by atoms with van der Waals surface area (Å²) in [6.45, 7) is 0. The second-order valence-corrected chi connectivity index (χ2v) is 3.96. The number of nitrogens with two attached hydrogens (primary N) is 1. The van der Waals surface area contributed by atoms with E-state index in [1.165, 1.54) is 0 Å². The first kappa shape index (κ1) is 7.31. The fourth-order valence-electron chi connectivity index (χ4n) is 0.651. The van der Waals surface area contributed by atoms with Crippen molar-refractivity contribution < 1.29 is 4.21 Å². The molecule has 0 spiro atoms. The van der Waals surface area contributed by atoms with Gasteiger partial charge in [0, 0.05) is 4.90 Å². The molecule has 54 valence electrons. The first-order chi connectivity index (χ1) is 4.61. The molecule has 0 saturated carbocycles. The van der Waals surface area contributed by atoms with Gasteiger partial charge < -0.3 is 0 Å². The van der Waals surface area contributed by atoms with Crippen LogP contribution in [0.25, 0.3) is 0 Å². The van der Waals surface area contributed by atoms with Crippen LogP contribution in [0.4, 0.5) is 0 Å². The lowest BCUT2D eigenvalue weighted by Gasteiger charge is -1.99. The van der Waals surface area contributed by atoms with Gasteiger partial charge in [0.25, 0.3) is 0 Å². The van der Waals surface area contributed by atoms with Crippen LogP contribution in [-0.4, -0.2) is 10.1 Å². The standard InChI is InChI=1S/C7H9NOS/c1-10(8,9)7-5-3-2-4-6-7/h2-6H,1H2,(H2,8,9). The van der Waals surface area contributed by atoms with E-state index in [-0.39, 0.29) is 0 Å². The van der Waals surface area contributed by atoms with Gasteiger partial charge in [-0.05, 0) is 18.0 Å². The average Bonchev–Trinajstić information content (AvgIpc) is 1.88. The molecule has 10 heavy (non-hydrogen) atoms. The van der Waals surface area contributed by atoms with Gasteiger partial charge in [0.2, 0.25) is 0 Å². The van der Waals surface area contributed by atoms with E-state index >= 15 is 0 Å². The Morgan fingerprint density at radius 1 is 1.30 bits per heavy atom. The zero-order valence-electron chi connectivity index (χ0n) is 5.49. The molecule has 0 bridgehead atoms. The first-order valence-electron chi connectivity index (χ1n) is 2.81. The number of rotatable bonds is 1. The lowest BCUT2D eigenvalue weighted by atomic mass is 10.4. The summed E-state index contributed by atoms with van der Waals surface area (Å²) in [6, 6.07) is 8.82. The van der Waals surface area contributed by atoms with Crippen LogP contribution in [0, 0.1) is 0 Å². The Balaban J connectivity index is 3.22. The van der Waals surface area contributed by atoms with E-state index in [2.05, 4.69) is 5.87 Å². The SMILES string of the molecule is C=S(N)(=O)c1ccccc1. The minimum absolute atomic E-state index is 0.593. The molecule has 0 saturated heterocycles. The van der Waals surface area contributed by atoms with Crippen molar-refractivity contribution in [1.82, 2.24) is 0 Å². The second-order valence-electron chi connectivity index (χ2n) is 2.04. The van der Waals surface area contributed by atoms with Gasteiger partial charge in [-0.3, -0.25) is 5.14 Å². The summed E-state index contributed by atoms with van der Waals surface area (Å²) in [7, 11) is -2.50. The molecular weight excluding hydrogens is 146 g/mol. The highest BCUT2D eigenvalue weighted by Gasteiger charge is 1.96. The number of hydrogen-bond acceptors (Lipinski definition) is 1. The Morgan fingerprint density at radius 3 is 2.10 bits per heavy atom. The predicted molar refractivity (Wildman–Crippen MR) is 44.2 cm³/mol. The molecule has 2 nitrogen and oxygen atoms in total. The lowest BCUT2D eigenvalue weighted by molar-refractivity contribution is 0.682. The zero-order chi connectivity index (χ0) is 7.61. The van der Waals surface area contributed by atoms with Crippen LogP contribution in [0.15, 0.2) is 35.2 Å². The summed E-state index contributed by atoms with van der Waals surface area (Å²) in [5, 5.41) is 5.27. The normalized spacial score (nSPS) is 16.1. The molecule has 2 N–H and O–H groups in total. The van der Waals surface area contributed by atoms with Gasteiger partial charge in [0.05, 0.1) is 9.71 Å². The third-order valence-electron chi connectivity index (χ3n) is 1.14. The Labute approximate surface area is 60.8 Å². The average molecular weight is 155 g/mol. The van der Waals surface area contributed by atoms with E-state index in [1.54, 1.807) is 24.3 Å². The van der Waals surface area contributed by atoms with Crippen molar-refractivity contribution in [1.29, 1.82) is 0 Å². The van der Waals surface area contributed by atoms with E-state index in [0.29, 0.717) is 4.90 Å². The molecule has 1 rings (SSSR count). The van der Waals surface area contributed by atoms with Crippen LogP contribution >= 0.6 is 0 Å². The van der Waals surface area contributed by atoms with Crippen LogP contribution in [-0.2, 0) is 9.71 Å². The van der Waals surface area contributed by atoms with Crippen molar-refractivity contribution in [3.8, 4) is 0 Å². The molecule has 0 fully saturated rings. The molecule has 1 atom stereocenters. The van der Waals surface area contributed by atoms with Gasteiger partial charge in [0.15, 0.2) is 0 Å². The van der Waals surface area contributed by atoms with Crippen molar-refractivity contribution in [3.63, 3.8) is 0 Å². The molecule has 0 amide bonds. The van der Waals surface area contributed by atoms with Gasteiger partial charge >= 0.3 is 0 Å². The first-order valence-corrected chi connectivity index (χ1v) is 4.60. The van der Waals surface area contributed by atoms with Crippen molar-refractivity contribution >= 4 is 15.6 Å². The topological polar surface area (TPSA) is 43.1 Å². The number of benzene rings is 1. The fraction of sp³-hybridized carbons (Fsp3) is 0. The van der Waals surface area contributed by atoms with E-state index < -0.39 is 9.71 Å². The van der Waals surface area contributed by atoms with E-state index in [4.69, 9.17) is 5.14 Å². The summed E-state index contributed by atoms with van der Waals surface area (Å²) >= 11 is 0. The molecule has 1 aromatic carbocycles. The Kier molecular flexibility index (Phi) is 1.78. The summed E-state index contributed by atoms with van der Waals surface area (Å²) in [5.74, 6) is 3.35. The highest BCUT2D eigenvalue weighted by atomic mass is 32.2. The summed E-state index contributed by atoms with van der Waals surface area (Å²) < 4.78 is 11.1. The molecular formula is C7H9NOS. The predicted octanol–water partition coefficient (Wildman–Crippen LogP) is 0.636. The van der Waals surface area contributed by atoms with Gasteiger partial charge in [-0.15, -0.1) is 0 Å². The Morgan fingerprint density at radius 2 is 1.80 bits per heavy atom.